The third-order valence-corrected chi connectivity index (χ3v) is 6.17. The summed E-state index contributed by atoms with van der Waals surface area (Å²) in [6.07, 6.45) is 1.54. The first kappa shape index (κ1) is 15.6. The number of aromatic nitrogens is 1. The summed E-state index contributed by atoms with van der Waals surface area (Å²) in [4.78, 5) is 4.43. The Balaban J connectivity index is 2.27. The molecule has 1 aromatic rings. The summed E-state index contributed by atoms with van der Waals surface area (Å²) >= 11 is 1.84. The van der Waals surface area contributed by atoms with E-state index in [0.29, 0.717) is 40.8 Å². The van der Waals surface area contributed by atoms with E-state index in [1.165, 1.54) is 6.20 Å². The number of anilines is 1. The molecule has 0 aromatic carbocycles. The first-order valence-corrected chi connectivity index (χ1v) is 9.17. The van der Waals surface area contributed by atoms with Crippen molar-refractivity contribution in [2.24, 2.45) is 0 Å². The Hall–Kier alpha value is -0.790. The molecular formula is C13H21N3O2S2. The first-order chi connectivity index (χ1) is 9.43. The molecule has 112 valence electrons. The highest BCUT2D eigenvalue weighted by Gasteiger charge is 2.32. The largest absolute Gasteiger partial charge is 0.370 e. The minimum Gasteiger partial charge on any atom is -0.370 e. The number of hydrogen-bond donors (Lipinski definition) is 1. The van der Waals surface area contributed by atoms with Crippen LogP contribution in [0.2, 0.25) is 0 Å². The van der Waals surface area contributed by atoms with Crippen molar-refractivity contribution in [1.29, 1.82) is 0 Å². The minimum atomic E-state index is -3.43. The zero-order chi connectivity index (χ0) is 14.8. The van der Waals surface area contributed by atoms with Crippen molar-refractivity contribution in [1.82, 2.24) is 9.29 Å². The van der Waals surface area contributed by atoms with Crippen LogP contribution in [0.25, 0.3) is 0 Å². The van der Waals surface area contributed by atoms with Crippen molar-refractivity contribution >= 4 is 27.6 Å². The number of thioether (sulfide) groups is 1. The van der Waals surface area contributed by atoms with E-state index in [1.807, 2.05) is 18.7 Å². The predicted molar refractivity (Wildman–Crippen MR) is 83.7 cm³/mol. The van der Waals surface area contributed by atoms with Gasteiger partial charge in [-0.1, -0.05) is 13.8 Å². The highest BCUT2D eigenvalue weighted by molar-refractivity contribution is 8.00. The molecule has 1 aromatic heterocycles. The van der Waals surface area contributed by atoms with Gasteiger partial charge in [-0.05, 0) is 13.0 Å². The van der Waals surface area contributed by atoms with Gasteiger partial charge in [-0.3, -0.25) is 0 Å². The fourth-order valence-electron chi connectivity index (χ4n) is 2.33. The standard InChI is InChI=1S/C13H21N3O2S2/c1-4-14-13-7-12(5-6-15-13)20(17,18)16-8-10(2)19-11(3)9-16/h5-7,10-11H,4,8-9H2,1-3H3,(H,14,15). The third-order valence-electron chi connectivity index (χ3n) is 3.11. The van der Waals surface area contributed by atoms with Gasteiger partial charge in [0.15, 0.2) is 0 Å². The van der Waals surface area contributed by atoms with Crippen LogP contribution in [-0.4, -0.2) is 47.8 Å². The minimum absolute atomic E-state index is 0.315. The van der Waals surface area contributed by atoms with Crippen molar-refractivity contribution in [3.05, 3.63) is 18.3 Å². The molecule has 2 atom stereocenters. The number of nitrogens with zero attached hydrogens (tertiary/aromatic N) is 2. The predicted octanol–water partition coefficient (Wildman–Crippen LogP) is 2.03. The van der Waals surface area contributed by atoms with E-state index in [9.17, 15) is 8.42 Å². The van der Waals surface area contributed by atoms with Gasteiger partial charge in [0.25, 0.3) is 0 Å². The molecule has 1 aliphatic heterocycles. The lowest BCUT2D eigenvalue weighted by molar-refractivity contribution is 0.405. The van der Waals surface area contributed by atoms with Gasteiger partial charge in [-0.25, -0.2) is 13.4 Å². The maximum atomic E-state index is 12.7. The Bertz CT molecular complexity index is 552. The van der Waals surface area contributed by atoms with Gasteiger partial charge in [0.2, 0.25) is 10.0 Å². The molecule has 20 heavy (non-hydrogen) atoms. The fourth-order valence-corrected chi connectivity index (χ4v) is 5.47. The van der Waals surface area contributed by atoms with Crippen LogP contribution in [-0.2, 0) is 10.0 Å². The van der Waals surface area contributed by atoms with E-state index in [-0.39, 0.29) is 0 Å². The summed E-state index contributed by atoms with van der Waals surface area (Å²) in [7, 11) is -3.43. The van der Waals surface area contributed by atoms with Crippen molar-refractivity contribution in [3.63, 3.8) is 0 Å². The molecule has 0 aliphatic carbocycles. The van der Waals surface area contributed by atoms with E-state index in [4.69, 9.17) is 0 Å². The molecule has 1 fully saturated rings. The fraction of sp³-hybridized carbons (Fsp3) is 0.615. The second kappa shape index (κ2) is 6.32. The topological polar surface area (TPSA) is 62.3 Å². The first-order valence-electron chi connectivity index (χ1n) is 6.79. The molecule has 0 spiro atoms. The van der Waals surface area contributed by atoms with Crippen molar-refractivity contribution < 1.29 is 8.42 Å². The van der Waals surface area contributed by atoms with Gasteiger partial charge in [0.05, 0.1) is 4.90 Å². The summed E-state index contributed by atoms with van der Waals surface area (Å²) in [6, 6.07) is 3.17. The highest BCUT2D eigenvalue weighted by Crippen LogP contribution is 2.29. The Morgan fingerprint density at radius 1 is 1.40 bits per heavy atom. The Kier molecular flexibility index (Phi) is 4.93. The van der Waals surface area contributed by atoms with Crippen LogP contribution < -0.4 is 5.32 Å². The van der Waals surface area contributed by atoms with Gasteiger partial charge < -0.3 is 5.32 Å². The molecule has 0 amide bonds. The van der Waals surface area contributed by atoms with Crippen LogP contribution in [0.3, 0.4) is 0 Å². The maximum Gasteiger partial charge on any atom is 0.243 e. The quantitative estimate of drug-likeness (QED) is 0.921. The lowest BCUT2D eigenvalue weighted by Crippen LogP contribution is -2.43. The zero-order valence-electron chi connectivity index (χ0n) is 12.0. The smallest absolute Gasteiger partial charge is 0.243 e. The van der Waals surface area contributed by atoms with Crippen LogP contribution >= 0.6 is 11.8 Å². The summed E-state index contributed by atoms with van der Waals surface area (Å²) in [5, 5.41) is 3.69. The molecular weight excluding hydrogens is 294 g/mol. The van der Waals surface area contributed by atoms with Gasteiger partial charge >= 0.3 is 0 Å². The normalized spacial score (nSPS) is 24.6. The summed E-state index contributed by atoms with van der Waals surface area (Å²) in [6.45, 7) is 7.93. The molecule has 1 aliphatic rings. The number of pyridine rings is 1. The molecule has 2 rings (SSSR count). The number of rotatable bonds is 4. The Morgan fingerprint density at radius 2 is 2.05 bits per heavy atom. The van der Waals surface area contributed by atoms with E-state index < -0.39 is 10.0 Å². The molecule has 0 radical (unpaired) electrons. The summed E-state index contributed by atoms with van der Waals surface area (Å²) in [5.74, 6) is 0.598. The molecule has 7 heteroatoms. The zero-order valence-corrected chi connectivity index (χ0v) is 13.7. The number of nitrogens with one attached hydrogen (secondary N) is 1. The van der Waals surface area contributed by atoms with Crippen molar-refractivity contribution in [3.8, 4) is 0 Å². The third kappa shape index (κ3) is 3.45. The highest BCUT2D eigenvalue weighted by atomic mass is 32.2. The van der Waals surface area contributed by atoms with E-state index in [2.05, 4.69) is 24.1 Å². The average molecular weight is 315 g/mol. The van der Waals surface area contributed by atoms with Crippen molar-refractivity contribution in [2.75, 3.05) is 25.0 Å². The maximum absolute atomic E-state index is 12.7. The molecule has 2 unspecified atom stereocenters. The molecule has 1 N–H and O–H groups in total. The Morgan fingerprint density at radius 3 is 2.65 bits per heavy atom. The van der Waals surface area contributed by atoms with Crippen LogP contribution in [0.1, 0.15) is 20.8 Å². The Labute approximate surface area is 125 Å². The second-order valence-corrected chi connectivity index (χ2v) is 8.81. The average Bonchev–Trinajstić information content (AvgIpc) is 2.38. The van der Waals surface area contributed by atoms with Crippen LogP contribution in [0.15, 0.2) is 23.2 Å². The van der Waals surface area contributed by atoms with Gasteiger partial charge in [0, 0.05) is 42.4 Å². The van der Waals surface area contributed by atoms with Crippen LogP contribution in [0.4, 0.5) is 5.82 Å². The van der Waals surface area contributed by atoms with Gasteiger partial charge in [-0.15, -0.1) is 0 Å². The molecule has 2 heterocycles. The van der Waals surface area contributed by atoms with E-state index >= 15 is 0 Å². The molecule has 1 saturated heterocycles. The van der Waals surface area contributed by atoms with Gasteiger partial charge in [0.1, 0.15) is 5.82 Å². The summed E-state index contributed by atoms with van der Waals surface area (Å²) < 4.78 is 27.0. The lowest BCUT2D eigenvalue weighted by atomic mass is 10.4. The summed E-state index contributed by atoms with van der Waals surface area (Å²) in [5.41, 5.74) is 0. The number of hydrogen-bond acceptors (Lipinski definition) is 5. The molecule has 0 bridgehead atoms. The SMILES string of the molecule is CCNc1cc(S(=O)(=O)N2CC(C)SC(C)C2)ccn1. The van der Waals surface area contributed by atoms with Gasteiger partial charge in [-0.2, -0.15) is 16.1 Å². The van der Waals surface area contributed by atoms with E-state index in [1.54, 1.807) is 16.4 Å². The van der Waals surface area contributed by atoms with Crippen molar-refractivity contribution in [2.45, 2.75) is 36.2 Å². The van der Waals surface area contributed by atoms with Crippen LogP contribution in [0.5, 0.6) is 0 Å². The monoisotopic (exact) mass is 315 g/mol. The lowest BCUT2D eigenvalue weighted by Gasteiger charge is -2.33. The van der Waals surface area contributed by atoms with E-state index in [0.717, 1.165) is 0 Å². The molecule has 0 saturated carbocycles. The van der Waals surface area contributed by atoms with Crippen LogP contribution in [0, 0.1) is 0 Å². The second-order valence-electron chi connectivity index (χ2n) is 4.99. The molecule has 5 nitrogen and oxygen atoms in total. The number of sulfonamides is 1.